The largest absolute Gasteiger partial charge is 0.496 e. The summed E-state index contributed by atoms with van der Waals surface area (Å²) in [5, 5.41) is 9.02. The van der Waals surface area contributed by atoms with Crippen LogP contribution in [0.15, 0.2) is 12.1 Å². The molecule has 1 N–H and O–H groups in total. The molecule has 5 heteroatoms. The van der Waals surface area contributed by atoms with Crippen LogP contribution in [0.4, 0.5) is 0 Å². The summed E-state index contributed by atoms with van der Waals surface area (Å²) in [6.07, 6.45) is 1.06. The molecule has 0 atom stereocenters. The number of methoxy groups -OCH3 is 2. The zero-order valence-electron chi connectivity index (χ0n) is 11.6. The first kappa shape index (κ1) is 15.3. The topological polar surface area (TPSA) is 65.0 Å². The Morgan fingerprint density at radius 3 is 2.05 bits per heavy atom. The van der Waals surface area contributed by atoms with Crippen LogP contribution in [-0.4, -0.2) is 38.5 Å². The van der Waals surface area contributed by atoms with Crippen molar-refractivity contribution in [3.63, 3.8) is 0 Å². The molecule has 0 aromatic heterocycles. The van der Waals surface area contributed by atoms with Gasteiger partial charge in [-0.05, 0) is 18.6 Å². The molecule has 0 fully saturated rings. The fourth-order valence-corrected chi connectivity index (χ4v) is 1.84. The lowest BCUT2D eigenvalue weighted by Crippen LogP contribution is -2.06. The van der Waals surface area contributed by atoms with E-state index < -0.39 is 0 Å². The maximum atomic E-state index is 10.7. The summed E-state index contributed by atoms with van der Waals surface area (Å²) in [5.74, 6) is 1.10. The standard InChI is InChI=1S/C14H20O5/c1-10(16)19-7-5-12-9-13(17-2)11(4-6-15)8-14(12)18-3/h8-9,15H,4-7H2,1-3H3. The monoisotopic (exact) mass is 268 g/mol. The number of ether oxygens (including phenoxy) is 3. The van der Waals surface area contributed by atoms with Crippen LogP contribution >= 0.6 is 0 Å². The smallest absolute Gasteiger partial charge is 0.302 e. The van der Waals surface area contributed by atoms with Gasteiger partial charge in [-0.15, -0.1) is 0 Å². The Labute approximate surface area is 113 Å². The van der Waals surface area contributed by atoms with E-state index in [0.29, 0.717) is 30.9 Å². The minimum atomic E-state index is -0.303. The van der Waals surface area contributed by atoms with Crippen LogP contribution < -0.4 is 9.47 Å². The molecule has 1 aromatic carbocycles. The molecule has 0 bridgehead atoms. The molecule has 0 spiro atoms. The van der Waals surface area contributed by atoms with Crippen molar-refractivity contribution in [1.82, 2.24) is 0 Å². The number of hydrogen-bond donors (Lipinski definition) is 1. The minimum Gasteiger partial charge on any atom is -0.496 e. The van der Waals surface area contributed by atoms with E-state index in [-0.39, 0.29) is 12.6 Å². The van der Waals surface area contributed by atoms with Crippen LogP contribution in [0.25, 0.3) is 0 Å². The van der Waals surface area contributed by atoms with Crippen molar-refractivity contribution in [2.24, 2.45) is 0 Å². The Bertz CT molecular complexity index is 428. The van der Waals surface area contributed by atoms with Crippen molar-refractivity contribution in [3.05, 3.63) is 23.3 Å². The second-order valence-corrected chi connectivity index (χ2v) is 4.04. The van der Waals surface area contributed by atoms with Crippen LogP contribution in [0.1, 0.15) is 18.1 Å². The number of benzene rings is 1. The molecule has 106 valence electrons. The predicted molar refractivity (Wildman–Crippen MR) is 70.7 cm³/mol. The van der Waals surface area contributed by atoms with Gasteiger partial charge in [0.05, 0.1) is 20.8 Å². The first-order valence-corrected chi connectivity index (χ1v) is 6.10. The molecular formula is C14H20O5. The number of carbonyl (C=O) groups is 1. The summed E-state index contributed by atoms with van der Waals surface area (Å²) in [5.41, 5.74) is 1.79. The summed E-state index contributed by atoms with van der Waals surface area (Å²) in [6, 6.07) is 3.70. The first-order chi connectivity index (χ1) is 9.12. The maximum Gasteiger partial charge on any atom is 0.302 e. The highest BCUT2D eigenvalue weighted by Gasteiger charge is 2.11. The van der Waals surface area contributed by atoms with Gasteiger partial charge in [0.15, 0.2) is 0 Å². The van der Waals surface area contributed by atoms with E-state index >= 15 is 0 Å². The minimum absolute atomic E-state index is 0.0479. The van der Waals surface area contributed by atoms with E-state index in [1.165, 1.54) is 6.92 Å². The highest BCUT2D eigenvalue weighted by atomic mass is 16.5. The van der Waals surface area contributed by atoms with E-state index in [4.69, 9.17) is 19.3 Å². The van der Waals surface area contributed by atoms with E-state index in [0.717, 1.165) is 11.1 Å². The van der Waals surface area contributed by atoms with Gasteiger partial charge in [0.1, 0.15) is 11.5 Å². The van der Waals surface area contributed by atoms with Gasteiger partial charge < -0.3 is 19.3 Å². The lowest BCUT2D eigenvalue weighted by Gasteiger charge is -2.14. The van der Waals surface area contributed by atoms with Crippen molar-refractivity contribution >= 4 is 5.97 Å². The normalized spacial score (nSPS) is 10.1. The lowest BCUT2D eigenvalue weighted by atomic mass is 10.0. The van der Waals surface area contributed by atoms with E-state index in [1.807, 2.05) is 12.1 Å². The number of hydrogen-bond acceptors (Lipinski definition) is 5. The summed E-state index contributed by atoms with van der Waals surface area (Å²) in [4.78, 5) is 10.7. The Kier molecular flexibility index (Phi) is 6.15. The molecule has 0 radical (unpaired) electrons. The number of aliphatic hydroxyl groups is 1. The SMILES string of the molecule is COc1cc(CCOC(C)=O)c(OC)cc1CCO. The van der Waals surface area contributed by atoms with Gasteiger partial charge in [-0.1, -0.05) is 0 Å². The Hall–Kier alpha value is -1.75. The van der Waals surface area contributed by atoms with Crippen LogP contribution in [0.2, 0.25) is 0 Å². The molecule has 0 saturated heterocycles. The van der Waals surface area contributed by atoms with Gasteiger partial charge in [0.25, 0.3) is 0 Å². The second kappa shape index (κ2) is 7.63. The number of rotatable bonds is 7. The Morgan fingerprint density at radius 2 is 1.63 bits per heavy atom. The molecule has 0 aliphatic rings. The predicted octanol–water partition coefficient (Wildman–Crippen LogP) is 1.34. The molecule has 1 rings (SSSR count). The second-order valence-electron chi connectivity index (χ2n) is 4.04. The molecule has 19 heavy (non-hydrogen) atoms. The molecule has 0 heterocycles. The zero-order chi connectivity index (χ0) is 14.3. The van der Waals surface area contributed by atoms with Gasteiger partial charge in [-0.2, -0.15) is 0 Å². The average molecular weight is 268 g/mol. The maximum absolute atomic E-state index is 10.7. The number of aliphatic hydroxyl groups excluding tert-OH is 1. The summed E-state index contributed by atoms with van der Waals surface area (Å²) in [7, 11) is 3.17. The molecular weight excluding hydrogens is 248 g/mol. The molecule has 0 saturated carbocycles. The summed E-state index contributed by atoms with van der Waals surface area (Å²) in [6.45, 7) is 1.72. The van der Waals surface area contributed by atoms with E-state index in [2.05, 4.69) is 0 Å². The molecule has 1 aromatic rings. The fourth-order valence-electron chi connectivity index (χ4n) is 1.84. The van der Waals surface area contributed by atoms with Crippen molar-refractivity contribution in [3.8, 4) is 11.5 Å². The van der Waals surface area contributed by atoms with E-state index in [1.54, 1.807) is 14.2 Å². The molecule has 0 amide bonds. The fraction of sp³-hybridized carbons (Fsp3) is 0.500. The van der Waals surface area contributed by atoms with Crippen LogP contribution in [0.5, 0.6) is 11.5 Å². The van der Waals surface area contributed by atoms with Gasteiger partial charge in [0, 0.05) is 31.1 Å². The number of esters is 1. The molecule has 5 nitrogen and oxygen atoms in total. The Balaban J connectivity index is 2.92. The van der Waals surface area contributed by atoms with Crippen molar-refractivity contribution in [2.75, 3.05) is 27.4 Å². The average Bonchev–Trinajstić information content (AvgIpc) is 2.39. The lowest BCUT2D eigenvalue weighted by molar-refractivity contribution is -0.140. The van der Waals surface area contributed by atoms with Gasteiger partial charge in [-0.3, -0.25) is 4.79 Å². The zero-order valence-corrected chi connectivity index (χ0v) is 11.6. The quantitative estimate of drug-likeness (QED) is 0.756. The number of carbonyl (C=O) groups excluding carboxylic acids is 1. The van der Waals surface area contributed by atoms with Crippen molar-refractivity contribution < 1.29 is 24.1 Å². The summed E-state index contributed by atoms with van der Waals surface area (Å²) < 4.78 is 15.5. The van der Waals surface area contributed by atoms with Crippen LogP contribution in [0.3, 0.4) is 0 Å². The third-order valence-corrected chi connectivity index (χ3v) is 2.74. The van der Waals surface area contributed by atoms with Crippen molar-refractivity contribution in [2.45, 2.75) is 19.8 Å². The Morgan fingerprint density at radius 1 is 1.11 bits per heavy atom. The molecule has 0 aliphatic heterocycles. The van der Waals surface area contributed by atoms with Gasteiger partial charge in [0.2, 0.25) is 0 Å². The van der Waals surface area contributed by atoms with Gasteiger partial charge >= 0.3 is 5.97 Å². The molecule has 0 aliphatic carbocycles. The third kappa shape index (κ3) is 4.44. The van der Waals surface area contributed by atoms with Crippen LogP contribution in [0, 0.1) is 0 Å². The highest BCUT2D eigenvalue weighted by Crippen LogP contribution is 2.29. The van der Waals surface area contributed by atoms with Crippen LogP contribution in [-0.2, 0) is 22.4 Å². The van der Waals surface area contributed by atoms with Crippen molar-refractivity contribution in [1.29, 1.82) is 0 Å². The van der Waals surface area contributed by atoms with E-state index in [9.17, 15) is 4.79 Å². The highest BCUT2D eigenvalue weighted by molar-refractivity contribution is 5.65. The third-order valence-electron chi connectivity index (χ3n) is 2.74. The summed E-state index contributed by atoms with van der Waals surface area (Å²) >= 11 is 0. The van der Waals surface area contributed by atoms with Gasteiger partial charge in [-0.25, -0.2) is 0 Å². The molecule has 0 unspecified atom stereocenters. The first-order valence-electron chi connectivity index (χ1n) is 6.10.